The fourth-order valence-corrected chi connectivity index (χ4v) is 2.53. The molecule has 1 aliphatic rings. The van der Waals surface area contributed by atoms with E-state index in [0.29, 0.717) is 5.69 Å². The van der Waals surface area contributed by atoms with Crippen LogP contribution in [0.15, 0.2) is 35.4 Å². The lowest BCUT2D eigenvalue weighted by atomic mass is 10.1. The lowest BCUT2D eigenvalue weighted by molar-refractivity contribution is -0.122. The molecule has 4 N–H and O–H groups in total. The molecule has 0 fully saturated rings. The molecule has 0 saturated carbocycles. The highest BCUT2D eigenvalue weighted by molar-refractivity contribution is 6.40. The molecule has 8 heteroatoms. The molecule has 2 rings (SSSR count). The zero-order valence-corrected chi connectivity index (χ0v) is 15.1. The smallest absolute Gasteiger partial charge is 0.267 e. The summed E-state index contributed by atoms with van der Waals surface area (Å²) in [5.74, 6) is -1.06. The summed E-state index contributed by atoms with van der Waals surface area (Å²) in [5.41, 5.74) is 6.36. The molecule has 0 unspecified atom stereocenters. The van der Waals surface area contributed by atoms with Crippen molar-refractivity contribution in [1.29, 1.82) is 0 Å². The van der Waals surface area contributed by atoms with Gasteiger partial charge in [-0.25, -0.2) is 0 Å². The SMILES string of the molecule is CC[C@@H](C)NC(=O)CCNC(=O)C1=NN(c2ccccc2)[C@@H](C(N)=O)C1. The largest absolute Gasteiger partial charge is 0.368 e. The molecule has 0 saturated heterocycles. The van der Waals surface area contributed by atoms with Crippen LogP contribution in [0.1, 0.15) is 33.1 Å². The first kappa shape index (κ1) is 19.4. The second kappa shape index (κ2) is 8.98. The molecule has 3 amide bonds. The average molecular weight is 359 g/mol. The molecule has 0 radical (unpaired) electrons. The number of nitrogens with zero attached hydrogens (tertiary/aromatic N) is 2. The fraction of sp³-hybridized carbons (Fsp3) is 0.444. The summed E-state index contributed by atoms with van der Waals surface area (Å²) in [6, 6.07) is 8.47. The number of amides is 3. The van der Waals surface area contributed by atoms with E-state index in [0.717, 1.165) is 6.42 Å². The Hall–Kier alpha value is -2.90. The van der Waals surface area contributed by atoms with Gasteiger partial charge in [-0.3, -0.25) is 19.4 Å². The van der Waals surface area contributed by atoms with Crippen molar-refractivity contribution < 1.29 is 14.4 Å². The first-order valence-electron chi connectivity index (χ1n) is 8.71. The molecular formula is C18H25N5O3. The van der Waals surface area contributed by atoms with Crippen molar-refractivity contribution in [2.75, 3.05) is 11.6 Å². The number of carbonyl (C=O) groups is 3. The van der Waals surface area contributed by atoms with Gasteiger partial charge in [-0.05, 0) is 25.5 Å². The van der Waals surface area contributed by atoms with Crippen molar-refractivity contribution in [3.8, 4) is 0 Å². The topological polar surface area (TPSA) is 117 Å². The van der Waals surface area contributed by atoms with Crippen LogP contribution in [0.25, 0.3) is 0 Å². The standard InChI is InChI=1S/C18H25N5O3/c1-3-12(2)21-16(24)9-10-20-18(26)14-11-15(17(19)25)23(22-14)13-7-5-4-6-8-13/h4-8,12,15H,3,9-11H2,1-2H3,(H2,19,25)(H,20,26)(H,21,24)/t12-,15-/m1/s1. The van der Waals surface area contributed by atoms with Crippen molar-refractivity contribution in [3.63, 3.8) is 0 Å². The van der Waals surface area contributed by atoms with Crippen molar-refractivity contribution in [1.82, 2.24) is 10.6 Å². The Morgan fingerprint density at radius 3 is 2.62 bits per heavy atom. The van der Waals surface area contributed by atoms with E-state index in [-0.39, 0.29) is 37.0 Å². The van der Waals surface area contributed by atoms with Crippen molar-refractivity contribution >= 4 is 29.1 Å². The minimum atomic E-state index is -0.702. The lowest BCUT2D eigenvalue weighted by Gasteiger charge is -2.20. The second-order valence-electron chi connectivity index (χ2n) is 6.23. The summed E-state index contributed by atoms with van der Waals surface area (Å²) in [4.78, 5) is 35.7. The maximum Gasteiger partial charge on any atom is 0.267 e. The number of rotatable bonds is 8. The predicted octanol–water partition coefficient (Wildman–Crippen LogP) is 0.528. The fourth-order valence-electron chi connectivity index (χ4n) is 2.53. The number of hydrogen-bond donors (Lipinski definition) is 3. The summed E-state index contributed by atoms with van der Waals surface area (Å²) in [6.45, 7) is 4.11. The highest BCUT2D eigenvalue weighted by Crippen LogP contribution is 2.24. The van der Waals surface area contributed by atoms with Gasteiger partial charge < -0.3 is 16.4 Å². The number of hydrogen-bond acceptors (Lipinski definition) is 5. The van der Waals surface area contributed by atoms with Crippen molar-refractivity contribution in [2.24, 2.45) is 10.8 Å². The predicted molar refractivity (Wildman–Crippen MR) is 99.5 cm³/mol. The van der Waals surface area contributed by atoms with Crippen LogP contribution in [0, 0.1) is 0 Å². The normalized spacial score (nSPS) is 17.4. The van der Waals surface area contributed by atoms with Gasteiger partial charge in [-0.15, -0.1) is 0 Å². The van der Waals surface area contributed by atoms with Gasteiger partial charge in [-0.2, -0.15) is 5.10 Å². The van der Waals surface area contributed by atoms with Crippen LogP contribution in [0.5, 0.6) is 0 Å². The molecule has 26 heavy (non-hydrogen) atoms. The van der Waals surface area contributed by atoms with Gasteiger partial charge in [0.2, 0.25) is 11.8 Å². The molecule has 0 spiro atoms. The van der Waals surface area contributed by atoms with Crippen LogP contribution in [0.4, 0.5) is 5.69 Å². The molecule has 0 aliphatic carbocycles. The summed E-state index contributed by atoms with van der Waals surface area (Å²) in [7, 11) is 0. The van der Waals surface area contributed by atoms with Crippen LogP contribution in [-0.2, 0) is 14.4 Å². The zero-order valence-electron chi connectivity index (χ0n) is 15.1. The van der Waals surface area contributed by atoms with E-state index in [9.17, 15) is 14.4 Å². The third-order valence-electron chi connectivity index (χ3n) is 4.18. The second-order valence-corrected chi connectivity index (χ2v) is 6.23. The summed E-state index contributed by atoms with van der Waals surface area (Å²) in [6.07, 6.45) is 1.17. The molecule has 0 aromatic heterocycles. The van der Waals surface area contributed by atoms with E-state index in [1.54, 1.807) is 12.1 Å². The van der Waals surface area contributed by atoms with Gasteiger partial charge in [0, 0.05) is 25.4 Å². The van der Waals surface area contributed by atoms with E-state index >= 15 is 0 Å². The van der Waals surface area contributed by atoms with Crippen LogP contribution in [-0.4, -0.2) is 42.1 Å². The maximum absolute atomic E-state index is 12.3. The van der Waals surface area contributed by atoms with Gasteiger partial charge in [0.1, 0.15) is 11.8 Å². The number of benzene rings is 1. The van der Waals surface area contributed by atoms with E-state index in [1.165, 1.54) is 5.01 Å². The molecule has 1 heterocycles. The molecule has 8 nitrogen and oxygen atoms in total. The Labute approximate surface area is 152 Å². The molecule has 1 aliphatic heterocycles. The molecule has 1 aromatic rings. The average Bonchev–Trinajstić information content (AvgIpc) is 3.08. The number of hydrazone groups is 1. The third kappa shape index (κ3) is 5.05. The maximum atomic E-state index is 12.3. The minimum absolute atomic E-state index is 0.105. The van der Waals surface area contributed by atoms with Crippen molar-refractivity contribution in [2.45, 2.75) is 45.2 Å². The Morgan fingerprint density at radius 1 is 1.31 bits per heavy atom. The molecule has 1 aromatic carbocycles. The molecule has 0 bridgehead atoms. The first-order chi connectivity index (χ1) is 12.4. The van der Waals surface area contributed by atoms with Gasteiger partial charge in [0.05, 0.1) is 5.69 Å². The number of para-hydroxylation sites is 1. The number of nitrogens with two attached hydrogens (primary N) is 1. The number of primary amides is 1. The minimum Gasteiger partial charge on any atom is -0.368 e. The van der Waals surface area contributed by atoms with Crippen LogP contribution in [0.2, 0.25) is 0 Å². The van der Waals surface area contributed by atoms with Gasteiger partial charge >= 0.3 is 0 Å². The van der Waals surface area contributed by atoms with Gasteiger partial charge in [-0.1, -0.05) is 25.1 Å². The molecular weight excluding hydrogens is 334 g/mol. The summed E-state index contributed by atoms with van der Waals surface area (Å²) < 4.78 is 0. The Bertz CT molecular complexity index is 689. The Balaban J connectivity index is 1.94. The van der Waals surface area contributed by atoms with E-state index < -0.39 is 17.9 Å². The molecule has 140 valence electrons. The number of anilines is 1. The first-order valence-corrected chi connectivity index (χ1v) is 8.71. The monoisotopic (exact) mass is 359 g/mol. The van der Waals surface area contributed by atoms with Crippen LogP contribution in [0.3, 0.4) is 0 Å². The zero-order chi connectivity index (χ0) is 19.1. The third-order valence-corrected chi connectivity index (χ3v) is 4.18. The van der Waals surface area contributed by atoms with E-state index in [1.807, 2.05) is 32.0 Å². The number of nitrogens with one attached hydrogen (secondary N) is 2. The van der Waals surface area contributed by atoms with Gasteiger partial charge in [0.15, 0.2) is 0 Å². The summed E-state index contributed by atoms with van der Waals surface area (Å²) in [5, 5.41) is 11.2. The highest BCUT2D eigenvalue weighted by atomic mass is 16.2. The number of carbonyl (C=O) groups excluding carboxylic acids is 3. The van der Waals surface area contributed by atoms with Crippen LogP contribution < -0.4 is 21.4 Å². The van der Waals surface area contributed by atoms with Crippen LogP contribution >= 0.6 is 0 Å². The van der Waals surface area contributed by atoms with Gasteiger partial charge in [0.25, 0.3) is 5.91 Å². The lowest BCUT2D eigenvalue weighted by Crippen LogP contribution is -2.40. The van der Waals surface area contributed by atoms with E-state index in [2.05, 4.69) is 15.7 Å². The Kier molecular flexibility index (Phi) is 6.71. The Morgan fingerprint density at radius 2 is 2.00 bits per heavy atom. The molecule has 2 atom stereocenters. The highest BCUT2D eigenvalue weighted by Gasteiger charge is 2.34. The summed E-state index contributed by atoms with van der Waals surface area (Å²) >= 11 is 0. The quantitative estimate of drug-likeness (QED) is 0.627. The van der Waals surface area contributed by atoms with E-state index in [4.69, 9.17) is 5.73 Å². The van der Waals surface area contributed by atoms with Crippen molar-refractivity contribution in [3.05, 3.63) is 30.3 Å².